The molecule has 2 amide bonds. The highest BCUT2D eigenvalue weighted by molar-refractivity contribution is 7.18. The van der Waals surface area contributed by atoms with E-state index in [-0.39, 0.29) is 12.5 Å². The molecule has 1 saturated heterocycles. The van der Waals surface area contributed by atoms with Gasteiger partial charge in [0, 0.05) is 26.2 Å². The largest absolute Gasteiger partial charge is 0.382 e. The second-order valence-electron chi connectivity index (χ2n) is 5.91. The number of thiophene rings is 1. The van der Waals surface area contributed by atoms with E-state index in [1.165, 1.54) is 11.3 Å². The molecular formula is C15H18ClN3O4S. The van der Waals surface area contributed by atoms with Crippen molar-refractivity contribution in [2.75, 3.05) is 19.8 Å². The standard InChI is InChI=1S/C15H18ClN3O4S/c16-12-2-1-11(24-12)9-7-10(23-19-9)13(20)18-8-15(14(17)21)3-5-22-6-4-15/h1-2,10H,3-8H2,(H2,17,21)(H,18,20)/t10-/m0/s1. The van der Waals surface area contributed by atoms with Crippen molar-refractivity contribution in [3.05, 3.63) is 21.3 Å². The highest BCUT2D eigenvalue weighted by atomic mass is 35.5. The van der Waals surface area contributed by atoms with Crippen molar-refractivity contribution in [3.8, 4) is 0 Å². The number of carbonyl (C=O) groups excluding carboxylic acids is 2. The van der Waals surface area contributed by atoms with Crippen LogP contribution in [0.5, 0.6) is 0 Å². The summed E-state index contributed by atoms with van der Waals surface area (Å²) in [4.78, 5) is 30.2. The number of amides is 2. The monoisotopic (exact) mass is 371 g/mol. The van der Waals surface area contributed by atoms with Crippen molar-refractivity contribution < 1.29 is 19.2 Å². The molecule has 0 radical (unpaired) electrons. The molecule has 2 aliphatic heterocycles. The molecule has 3 heterocycles. The fourth-order valence-corrected chi connectivity index (χ4v) is 3.81. The molecule has 0 aromatic carbocycles. The van der Waals surface area contributed by atoms with Crippen LogP contribution >= 0.6 is 22.9 Å². The van der Waals surface area contributed by atoms with Crippen LogP contribution in [0.3, 0.4) is 0 Å². The summed E-state index contributed by atoms with van der Waals surface area (Å²) >= 11 is 7.29. The SMILES string of the molecule is NC(=O)C1(CNC(=O)[C@@H]2CC(c3ccc(Cl)s3)=NO2)CCOCC1. The molecule has 7 nitrogen and oxygen atoms in total. The van der Waals surface area contributed by atoms with Crippen LogP contribution in [0, 0.1) is 5.41 Å². The Hall–Kier alpha value is -1.64. The summed E-state index contributed by atoms with van der Waals surface area (Å²) in [5, 5.41) is 6.74. The number of hydrogen-bond donors (Lipinski definition) is 2. The third kappa shape index (κ3) is 3.55. The molecule has 130 valence electrons. The Labute approximate surface area is 148 Å². The minimum atomic E-state index is -0.753. The molecule has 0 unspecified atom stereocenters. The Bertz CT molecular complexity index is 669. The Morgan fingerprint density at radius 2 is 2.17 bits per heavy atom. The Morgan fingerprint density at radius 1 is 1.42 bits per heavy atom. The van der Waals surface area contributed by atoms with Crippen molar-refractivity contribution in [3.63, 3.8) is 0 Å². The fourth-order valence-electron chi connectivity index (χ4n) is 2.78. The van der Waals surface area contributed by atoms with E-state index in [9.17, 15) is 9.59 Å². The summed E-state index contributed by atoms with van der Waals surface area (Å²) < 4.78 is 5.93. The summed E-state index contributed by atoms with van der Waals surface area (Å²) in [6.07, 6.45) is 0.674. The van der Waals surface area contributed by atoms with E-state index < -0.39 is 17.4 Å². The first-order valence-electron chi connectivity index (χ1n) is 7.64. The van der Waals surface area contributed by atoms with E-state index in [2.05, 4.69) is 10.5 Å². The number of nitrogens with zero attached hydrogens (tertiary/aromatic N) is 1. The third-order valence-electron chi connectivity index (χ3n) is 4.39. The minimum absolute atomic E-state index is 0.185. The molecule has 3 rings (SSSR count). The lowest BCUT2D eigenvalue weighted by Crippen LogP contribution is -2.51. The van der Waals surface area contributed by atoms with Gasteiger partial charge >= 0.3 is 0 Å². The first kappa shape index (κ1) is 17.2. The number of carbonyl (C=O) groups is 2. The Kier molecular flexibility index (Phi) is 5.07. The fraction of sp³-hybridized carbons (Fsp3) is 0.533. The number of ether oxygens (including phenoxy) is 1. The van der Waals surface area contributed by atoms with Gasteiger partial charge in [0.05, 0.1) is 14.6 Å². The average Bonchev–Trinajstić information content (AvgIpc) is 3.22. The minimum Gasteiger partial charge on any atom is -0.382 e. The summed E-state index contributed by atoms with van der Waals surface area (Å²) in [5.74, 6) is -0.716. The van der Waals surface area contributed by atoms with Gasteiger partial charge in [0.25, 0.3) is 5.91 Å². The molecule has 1 aromatic rings. The molecule has 1 atom stereocenters. The maximum absolute atomic E-state index is 12.3. The lowest BCUT2D eigenvalue weighted by Gasteiger charge is -2.34. The smallest absolute Gasteiger partial charge is 0.264 e. The zero-order chi connectivity index (χ0) is 17.2. The lowest BCUT2D eigenvalue weighted by molar-refractivity contribution is -0.136. The lowest BCUT2D eigenvalue weighted by atomic mass is 9.79. The number of rotatable bonds is 5. The quantitative estimate of drug-likeness (QED) is 0.813. The summed E-state index contributed by atoms with van der Waals surface area (Å²) in [7, 11) is 0. The van der Waals surface area contributed by atoms with Gasteiger partial charge in [-0.3, -0.25) is 9.59 Å². The van der Waals surface area contributed by atoms with Crippen LogP contribution in [0.4, 0.5) is 0 Å². The van der Waals surface area contributed by atoms with Crippen molar-refractivity contribution in [2.45, 2.75) is 25.4 Å². The van der Waals surface area contributed by atoms with E-state index in [4.69, 9.17) is 26.9 Å². The van der Waals surface area contributed by atoms with E-state index in [0.717, 1.165) is 4.88 Å². The highest BCUT2D eigenvalue weighted by Crippen LogP contribution is 2.30. The molecule has 3 N–H and O–H groups in total. The first-order chi connectivity index (χ1) is 11.5. The van der Waals surface area contributed by atoms with E-state index in [0.29, 0.717) is 42.5 Å². The van der Waals surface area contributed by atoms with Crippen LogP contribution < -0.4 is 11.1 Å². The third-order valence-corrected chi connectivity index (χ3v) is 5.67. The van der Waals surface area contributed by atoms with Gasteiger partial charge in [0.2, 0.25) is 12.0 Å². The van der Waals surface area contributed by atoms with Crippen molar-refractivity contribution in [1.29, 1.82) is 0 Å². The molecular weight excluding hydrogens is 354 g/mol. The zero-order valence-electron chi connectivity index (χ0n) is 12.9. The second-order valence-corrected chi connectivity index (χ2v) is 7.63. The molecule has 0 aliphatic carbocycles. The number of primary amides is 1. The van der Waals surface area contributed by atoms with E-state index >= 15 is 0 Å². The van der Waals surface area contributed by atoms with Gasteiger partial charge in [-0.2, -0.15) is 0 Å². The molecule has 0 spiro atoms. The number of hydrogen-bond acceptors (Lipinski definition) is 6. The molecule has 0 saturated carbocycles. The van der Waals surface area contributed by atoms with Gasteiger partial charge in [-0.15, -0.1) is 11.3 Å². The van der Waals surface area contributed by atoms with Crippen LogP contribution in [0.25, 0.3) is 0 Å². The number of nitrogens with two attached hydrogens (primary N) is 1. The zero-order valence-corrected chi connectivity index (χ0v) is 14.5. The summed E-state index contributed by atoms with van der Waals surface area (Å²) in [6, 6.07) is 3.62. The molecule has 24 heavy (non-hydrogen) atoms. The van der Waals surface area contributed by atoms with E-state index in [1.807, 2.05) is 6.07 Å². The predicted molar refractivity (Wildman–Crippen MR) is 90.0 cm³/mol. The molecule has 0 bridgehead atoms. The van der Waals surface area contributed by atoms with Crippen LogP contribution in [-0.2, 0) is 19.2 Å². The van der Waals surface area contributed by atoms with Gasteiger partial charge < -0.3 is 20.6 Å². The number of nitrogens with one attached hydrogen (secondary N) is 1. The Balaban J connectivity index is 1.55. The van der Waals surface area contributed by atoms with Crippen molar-refractivity contribution >= 4 is 40.5 Å². The number of oxime groups is 1. The first-order valence-corrected chi connectivity index (χ1v) is 8.83. The van der Waals surface area contributed by atoms with Crippen molar-refractivity contribution in [2.24, 2.45) is 16.3 Å². The summed E-state index contributed by atoms with van der Waals surface area (Å²) in [5.41, 5.74) is 5.48. The van der Waals surface area contributed by atoms with Gasteiger partial charge in [-0.25, -0.2) is 0 Å². The maximum Gasteiger partial charge on any atom is 0.264 e. The molecule has 2 aliphatic rings. The van der Waals surface area contributed by atoms with Gasteiger partial charge in [-0.05, 0) is 25.0 Å². The van der Waals surface area contributed by atoms with Gasteiger partial charge in [0.15, 0.2) is 0 Å². The normalized spacial score (nSPS) is 22.5. The number of halogens is 1. The predicted octanol–water partition coefficient (Wildman–Crippen LogP) is 1.29. The Morgan fingerprint density at radius 3 is 2.79 bits per heavy atom. The van der Waals surface area contributed by atoms with Crippen LogP contribution in [-0.4, -0.2) is 43.4 Å². The van der Waals surface area contributed by atoms with Gasteiger partial charge in [0.1, 0.15) is 5.71 Å². The topological polar surface area (TPSA) is 103 Å². The van der Waals surface area contributed by atoms with E-state index in [1.54, 1.807) is 6.07 Å². The molecule has 1 fully saturated rings. The second kappa shape index (κ2) is 7.08. The van der Waals surface area contributed by atoms with Crippen LogP contribution in [0.2, 0.25) is 4.34 Å². The van der Waals surface area contributed by atoms with Gasteiger partial charge in [-0.1, -0.05) is 16.8 Å². The highest BCUT2D eigenvalue weighted by Gasteiger charge is 2.40. The van der Waals surface area contributed by atoms with Crippen LogP contribution in [0.15, 0.2) is 17.3 Å². The average molecular weight is 372 g/mol. The molecule has 1 aromatic heterocycles. The molecule has 9 heteroatoms. The summed E-state index contributed by atoms with van der Waals surface area (Å²) in [6.45, 7) is 1.11. The van der Waals surface area contributed by atoms with Crippen molar-refractivity contribution in [1.82, 2.24) is 5.32 Å². The van der Waals surface area contributed by atoms with Crippen LogP contribution in [0.1, 0.15) is 24.1 Å². The maximum atomic E-state index is 12.3.